The van der Waals surface area contributed by atoms with Crippen molar-refractivity contribution < 1.29 is 4.74 Å². The Balaban J connectivity index is 1.56. The maximum absolute atomic E-state index is 5.57. The molecule has 2 atom stereocenters. The van der Waals surface area contributed by atoms with E-state index < -0.39 is 0 Å². The Labute approximate surface area is 130 Å². The predicted octanol–water partition coefficient (Wildman–Crippen LogP) is 3.80. The van der Waals surface area contributed by atoms with Gasteiger partial charge in [0.2, 0.25) is 0 Å². The largest absolute Gasteiger partial charge is 0.493 e. The molecule has 1 aliphatic heterocycles. The zero-order valence-corrected chi connectivity index (χ0v) is 13.9. The van der Waals surface area contributed by atoms with Gasteiger partial charge in [-0.1, -0.05) is 40.9 Å². The van der Waals surface area contributed by atoms with E-state index >= 15 is 0 Å². The monoisotopic (exact) mass is 337 g/mol. The zero-order valence-electron chi connectivity index (χ0n) is 12.3. The summed E-state index contributed by atoms with van der Waals surface area (Å²) in [5, 5.41) is 0. The van der Waals surface area contributed by atoms with Gasteiger partial charge >= 0.3 is 0 Å². The number of benzene rings is 1. The van der Waals surface area contributed by atoms with Gasteiger partial charge < -0.3 is 9.64 Å². The molecular weight excluding hydrogens is 314 g/mol. The fourth-order valence-corrected chi connectivity index (χ4v) is 4.42. The molecule has 0 radical (unpaired) electrons. The van der Waals surface area contributed by atoms with Crippen LogP contribution in [0.25, 0.3) is 0 Å². The third-order valence-electron chi connectivity index (χ3n) is 4.72. The van der Waals surface area contributed by atoms with Gasteiger partial charge in [0.25, 0.3) is 0 Å². The van der Waals surface area contributed by atoms with Crippen molar-refractivity contribution in [3.05, 3.63) is 29.3 Å². The molecule has 2 aliphatic rings. The Morgan fingerprint density at radius 1 is 1.30 bits per heavy atom. The molecule has 110 valence electrons. The summed E-state index contributed by atoms with van der Waals surface area (Å²) < 4.78 is 5.57. The number of nitrogens with zero attached hydrogens (tertiary/aromatic N) is 1. The number of alkyl halides is 1. The van der Waals surface area contributed by atoms with Gasteiger partial charge in [-0.05, 0) is 43.5 Å². The molecular formula is C17H24BrNO. The minimum absolute atomic E-state index is 0.676. The first-order valence-corrected chi connectivity index (χ1v) is 8.74. The molecule has 1 heterocycles. The lowest BCUT2D eigenvalue weighted by molar-refractivity contribution is 0.202. The van der Waals surface area contributed by atoms with Crippen molar-refractivity contribution in [3.8, 4) is 5.75 Å². The molecule has 0 amide bonds. The maximum Gasteiger partial charge on any atom is 0.122 e. The van der Waals surface area contributed by atoms with Crippen molar-refractivity contribution in [2.45, 2.75) is 49.4 Å². The van der Waals surface area contributed by atoms with E-state index in [-0.39, 0.29) is 0 Å². The molecule has 0 spiro atoms. The summed E-state index contributed by atoms with van der Waals surface area (Å²) in [5.74, 6) is 1.09. The van der Waals surface area contributed by atoms with Gasteiger partial charge in [-0.3, -0.25) is 0 Å². The van der Waals surface area contributed by atoms with Crippen molar-refractivity contribution >= 4 is 15.9 Å². The second-order valence-electron chi connectivity index (χ2n) is 6.14. The van der Waals surface area contributed by atoms with Gasteiger partial charge in [-0.25, -0.2) is 0 Å². The summed E-state index contributed by atoms with van der Waals surface area (Å²) in [4.78, 5) is 3.22. The third-order valence-corrected chi connectivity index (χ3v) is 5.79. The summed E-state index contributed by atoms with van der Waals surface area (Å²) in [6, 6.07) is 7.42. The summed E-state index contributed by atoms with van der Waals surface area (Å²) in [6.07, 6.45) is 7.64. The van der Waals surface area contributed by atoms with Crippen molar-refractivity contribution in [2.24, 2.45) is 0 Å². The van der Waals surface area contributed by atoms with E-state index in [1.54, 1.807) is 0 Å². The second kappa shape index (κ2) is 6.48. The maximum atomic E-state index is 5.57. The Kier molecular flexibility index (Phi) is 4.67. The molecule has 2 unspecified atom stereocenters. The van der Waals surface area contributed by atoms with Crippen molar-refractivity contribution in [2.75, 3.05) is 20.2 Å². The SMILES string of the molecule is CN(CCc1ccc2c(c1)CCO2)C1CCCCC1Br. The lowest BCUT2D eigenvalue weighted by Gasteiger charge is -2.35. The first-order valence-electron chi connectivity index (χ1n) is 7.83. The molecule has 1 aliphatic carbocycles. The van der Waals surface area contributed by atoms with Crippen LogP contribution < -0.4 is 4.74 Å². The lowest BCUT2D eigenvalue weighted by atomic mass is 9.94. The minimum Gasteiger partial charge on any atom is -0.493 e. The summed E-state index contributed by atoms with van der Waals surface area (Å²) in [5.41, 5.74) is 2.84. The Hall–Kier alpha value is -0.540. The zero-order chi connectivity index (χ0) is 13.9. The smallest absolute Gasteiger partial charge is 0.122 e. The van der Waals surface area contributed by atoms with Gasteiger partial charge in [-0.15, -0.1) is 0 Å². The van der Waals surface area contributed by atoms with Gasteiger partial charge in [0.05, 0.1) is 6.61 Å². The van der Waals surface area contributed by atoms with E-state index in [0.717, 1.165) is 31.7 Å². The van der Waals surface area contributed by atoms with Gasteiger partial charge in [0.1, 0.15) is 5.75 Å². The average Bonchev–Trinajstić information content (AvgIpc) is 2.92. The topological polar surface area (TPSA) is 12.5 Å². The Morgan fingerprint density at radius 2 is 2.15 bits per heavy atom. The van der Waals surface area contributed by atoms with Gasteiger partial charge in [0.15, 0.2) is 0 Å². The van der Waals surface area contributed by atoms with Crippen LogP contribution in [0.4, 0.5) is 0 Å². The van der Waals surface area contributed by atoms with E-state index in [2.05, 4.69) is 46.1 Å². The lowest BCUT2D eigenvalue weighted by Crippen LogP contribution is -2.41. The van der Waals surface area contributed by atoms with Crippen LogP contribution in [0.3, 0.4) is 0 Å². The summed E-state index contributed by atoms with van der Waals surface area (Å²) in [7, 11) is 2.28. The van der Waals surface area contributed by atoms with Crippen LogP contribution in [0.1, 0.15) is 36.8 Å². The van der Waals surface area contributed by atoms with E-state index in [9.17, 15) is 0 Å². The van der Waals surface area contributed by atoms with Gasteiger partial charge in [-0.2, -0.15) is 0 Å². The van der Waals surface area contributed by atoms with E-state index in [0.29, 0.717) is 10.9 Å². The number of hydrogen-bond acceptors (Lipinski definition) is 2. The molecule has 0 bridgehead atoms. The highest BCUT2D eigenvalue weighted by atomic mass is 79.9. The molecule has 0 aromatic heterocycles. The van der Waals surface area contributed by atoms with Crippen molar-refractivity contribution in [1.82, 2.24) is 4.90 Å². The number of ether oxygens (including phenoxy) is 1. The van der Waals surface area contributed by atoms with Crippen LogP contribution in [0.15, 0.2) is 18.2 Å². The summed E-state index contributed by atoms with van der Waals surface area (Å²) in [6.45, 7) is 2.00. The number of hydrogen-bond donors (Lipinski definition) is 0. The highest BCUT2D eigenvalue weighted by Crippen LogP contribution is 2.29. The molecule has 0 saturated heterocycles. The van der Waals surface area contributed by atoms with Crippen LogP contribution in [-0.4, -0.2) is 36.0 Å². The molecule has 20 heavy (non-hydrogen) atoms. The molecule has 1 aromatic carbocycles. The van der Waals surface area contributed by atoms with E-state index in [4.69, 9.17) is 4.74 Å². The fourth-order valence-electron chi connectivity index (χ4n) is 3.43. The number of rotatable bonds is 4. The first kappa shape index (κ1) is 14.4. The van der Waals surface area contributed by atoms with Crippen LogP contribution in [0.5, 0.6) is 5.75 Å². The van der Waals surface area contributed by atoms with Gasteiger partial charge in [0, 0.05) is 23.8 Å². The van der Waals surface area contributed by atoms with Crippen molar-refractivity contribution in [1.29, 1.82) is 0 Å². The molecule has 2 nitrogen and oxygen atoms in total. The van der Waals surface area contributed by atoms with E-state index in [1.165, 1.54) is 36.8 Å². The highest BCUT2D eigenvalue weighted by Gasteiger charge is 2.25. The number of halogens is 1. The predicted molar refractivity (Wildman–Crippen MR) is 86.9 cm³/mol. The minimum atomic E-state index is 0.676. The Bertz CT molecular complexity index is 462. The van der Waals surface area contributed by atoms with Crippen LogP contribution in [0, 0.1) is 0 Å². The second-order valence-corrected chi connectivity index (χ2v) is 7.32. The quantitative estimate of drug-likeness (QED) is 0.775. The van der Waals surface area contributed by atoms with Crippen LogP contribution in [0.2, 0.25) is 0 Å². The molecule has 3 heteroatoms. The third kappa shape index (κ3) is 3.20. The molecule has 1 aromatic rings. The standard InChI is InChI=1S/C17H24BrNO/c1-19(16-5-3-2-4-15(16)18)10-8-13-6-7-17-14(12-13)9-11-20-17/h6-7,12,15-16H,2-5,8-11H2,1H3. The molecule has 1 fully saturated rings. The number of fused-ring (bicyclic) bond motifs is 1. The first-order chi connectivity index (χ1) is 9.74. The molecule has 0 N–H and O–H groups in total. The molecule has 1 saturated carbocycles. The van der Waals surface area contributed by atoms with Crippen molar-refractivity contribution in [3.63, 3.8) is 0 Å². The van der Waals surface area contributed by atoms with E-state index in [1.807, 2.05) is 0 Å². The fraction of sp³-hybridized carbons (Fsp3) is 0.647. The Morgan fingerprint density at radius 3 is 3.00 bits per heavy atom. The average molecular weight is 338 g/mol. The normalized spacial score (nSPS) is 25.6. The molecule has 3 rings (SSSR count). The van der Waals surface area contributed by atoms with Crippen LogP contribution >= 0.6 is 15.9 Å². The highest BCUT2D eigenvalue weighted by molar-refractivity contribution is 9.09. The summed E-state index contributed by atoms with van der Waals surface area (Å²) >= 11 is 3.86. The number of likely N-dealkylation sites (N-methyl/N-ethyl adjacent to an activating group) is 1. The van der Waals surface area contributed by atoms with Crippen LogP contribution in [-0.2, 0) is 12.8 Å².